The van der Waals surface area contributed by atoms with Gasteiger partial charge in [0.1, 0.15) is 5.75 Å². The van der Waals surface area contributed by atoms with Crippen LogP contribution in [0.15, 0.2) is 23.8 Å². The molecule has 6 heteroatoms. The van der Waals surface area contributed by atoms with Crippen molar-refractivity contribution in [2.75, 3.05) is 6.61 Å². The number of hydrogen-bond donors (Lipinski definition) is 0. The Labute approximate surface area is 126 Å². The van der Waals surface area contributed by atoms with Gasteiger partial charge in [-0.2, -0.15) is 13.2 Å². The fourth-order valence-electron chi connectivity index (χ4n) is 2.30. The van der Waals surface area contributed by atoms with Gasteiger partial charge >= 0.3 is 12.1 Å². The van der Waals surface area contributed by atoms with Crippen LogP contribution in [0.4, 0.5) is 13.2 Å². The SMILES string of the molecule is CCCc1ccc2c(c1)OC(C(F)(F)F)C(C(=O)OCC)=C2. The Morgan fingerprint density at radius 1 is 1.32 bits per heavy atom. The van der Waals surface area contributed by atoms with Crippen LogP contribution in [-0.2, 0) is 16.0 Å². The lowest BCUT2D eigenvalue weighted by Gasteiger charge is -2.28. The Balaban J connectivity index is 2.43. The van der Waals surface area contributed by atoms with E-state index in [0.717, 1.165) is 18.4 Å². The van der Waals surface area contributed by atoms with Crippen molar-refractivity contribution >= 4 is 12.0 Å². The lowest BCUT2D eigenvalue weighted by atomic mass is 9.99. The van der Waals surface area contributed by atoms with Crippen molar-refractivity contribution in [3.05, 3.63) is 34.9 Å². The minimum Gasteiger partial charge on any atom is -0.475 e. The standard InChI is InChI=1S/C16H17F3O3/c1-3-5-10-6-7-11-9-12(15(20)21-4-2)14(16(17,18)19)22-13(11)8-10/h6-9,14H,3-5H2,1-2H3. The first-order valence-electron chi connectivity index (χ1n) is 7.11. The van der Waals surface area contributed by atoms with Crippen molar-refractivity contribution in [3.63, 3.8) is 0 Å². The summed E-state index contributed by atoms with van der Waals surface area (Å²) >= 11 is 0. The van der Waals surface area contributed by atoms with Crippen LogP contribution in [0.5, 0.6) is 5.75 Å². The van der Waals surface area contributed by atoms with E-state index in [1.807, 2.05) is 13.0 Å². The fourth-order valence-corrected chi connectivity index (χ4v) is 2.30. The molecule has 22 heavy (non-hydrogen) atoms. The van der Waals surface area contributed by atoms with Gasteiger partial charge in [0.2, 0.25) is 6.10 Å². The van der Waals surface area contributed by atoms with Crippen LogP contribution in [0.25, 0.3) is 6.08 Å². The number of carbonyl (C=O) groups excluding carboxylic acids is 1. The van der Waals surface area contributed by atoms with E-state index in [1.165, 1.54) is 13.0 Å². The molecule has 0 aliphatic carbocycles. The maximum atomic E-state index is 13.2. The number of halogens is 3. The quantitative estimate of drug-likeness (QED) is 0.791. The highest BCUT2D eigenvalue weighted by molar-refractivity contribution is 5.96. The minimum atomic E-state index is -4.68. The van der Waals surface area contributed by atoms with Gasteiger partial charge in [0.05, 0.1) is 12.2 Å². The molecule has 1 aromatic rings. The summed E-state index contributed by atoms with van der Waals surface area (Å²) in [5, 5.41) is 0. The van der Waals surface area contributed by atoms with Crippen molar-refractivity contribution < 1.29 is 27.4 Å². The zero-order valence-corrected chi connectivity index (χ0v) is 12.4. The van der Waals surface area contributed by atoms with E-state index < -0.39 is 23.8 Å². The molecule has 0 spiro atoms. The first kappa shape index (κ1) is 16.4. The molecule has 0 fully saturated rings. The van der Waals surface area contributed by atoms with Crippen LogP contribution in [0, 0.1) is 0 Å². The summed E-state index contributed by atoms with van der Waals surface area (Å²) in [6, 6.07) is 5.07. The zero-order chi connectivity index (χ0) is 16.3. The molecular weight excluding hydrogens is 297 g/mol. The first-order valence-corrected chi connectivity index (χ1v) is 7.11. The average Bonchev–Trinajstić information content (AvgIpc) is 2.45. The predicted octanol–water partition coefficient (Wildman–Crippen LogP) is 3.91. The summed E-state index contributed by atoms with van der Waals surface area (Å²) in [7, 11) is 0. The van der Waals surface area contributed by atoms with E-state index in [4.69, 9.17) is 9.47 Å². The fraction of sp³-hybridized carbons (Fsp3) is 0.438. The summed E-state index contributed by atoms with van der Waals surface area (Å²) < 4.78 is 49.2. The van der Waals surface area contributed by atoms with Crippen LogP contribution in [0.3, 0.4) is 0 Å². The van der Waals surface area contributed by atoms with Crippen molar-refractivity contribution in [2.24, 2.45) is 0 Å². The summed E-state index contributed by atoms with van der Waals surface area (Å²) in [5.41, 5.74) is 0.823. The number of esters is 1. The van der Waals surface area contributed by atoms with Gasteiger partial charge in [0, 0.05) is 5.56 Å². The molecule has 1 aliphatic rings. The summed E-state index contributed by atoms with van der Waals surface area (Å²) in [6.45, 7) is 3.52. The maximum Gasteiger partial charge on any atom is 0.430 e. The topological polar surface area (TPSA) is 35.5 Å². The first-order chi connectivity index (χ1) is 10.4. The highest BCUT2D eigenvalue weighted by Gasteiger charge is 2.48. The third kappa shape index (κ3) is 3.43. The van der Waals surface area contributed by atoms with Crippen molar-refractivity contribution in [3.8, 4) is 5.75 Å². The van der Waals surface area contributed by atoms with E-state index in [1.54, 1.807) is 12.1 Å². The Bertz CT molecular complexity index is 591. The molecule has 1 heterocycles. The highest BCUT2D eigenvalue weighted by atomic mass is 19.4. The molecule has 0 bridgehead atoms. The van der Waals surface area contributed by atoms with Crippen LogP contribution in [0.1, 0.15) is 31.4 Å². The van der Waals surface area contributed by atoms with E-state index in [9.17, 15) is 18.0 Å². The van der Waals surface area contributed by atoms with Gasteiger partial charge in [-0.25, -0.2) is 4.79 Å². The van der Waals surface area contributed by atoms with E-state index in [-0.39, 0.29) is 12.4 Å². The van der Waals surface area contributed by atoms with Crippen LogP contribution >= 0.6 is 0 Å². The van der Waals surface area contributed by atoms with E-state index >= 15 is 0 Å². The highest BCUT2D eigenvalue weighted by Crippen LogP contribution is 2.38. The largest absolute Gasteiger partial charge is 0.475 e. The summed E-state index contributed by atoms with van der Waals surface area (Å²) in [6.07, 6.45) is -4.15. The molecule has 120 valence electrons. The van der Waals surface area contributed by atoms with Gasteiger partial charge in [-0.15, -0.1) is 0 Å². The Morgan fingerprint density at radius 3 is 2.64 bits per heavy atom. The molecule has 0 saturated carbocycles. The zero-order valence-electron chi connectivity index (χ0n) is 12.4. The van der Waals surface area contributed by atoms with Crippen LogP contribution in [0.2, 0.25) is 0 Å². The smallest absolute Gasteiger partial charge is 0.430 e. The second-order valence-electron chi connectivity index (χ2n) is 4.98. The number of aryl methyl sites for hydroxylation is 1. The number of alkyl halides is 3. The summed E-state index contributed by atoms with van der Waals surface area (Å²) in [5.74, 6) is -0.866. The lowest BCUT2D eigenvalue weighted by molar-refractivity contribution is -0.187. The molecule has 1 unspecified atom stereocenters. The van der Waals surface area contributed by atoms with Crippen molar-refractivity contribution in [1.29, 1.82) is 0 Å². The van der Waals surface area contributed by atoms with E-state index in [0.29, 0.717) is 5.56 Å². The molecule has 0 radical (unpaired) electrons. The third-order valence-corrected chi connectivity index (χ3v) is 3.26. The molecule has 1 aromatic carbocycles. The van der Waals surface area contributed by atoms with Gasteiger partial charge in [0.25, 0.3) is 0 Å². The normalized spacial score (nSPS) is 17.3. The van der Waals surface area contributed by atoms with Crippen molar-refractivity contribution in [2.45, 2.75) is 39.0 Å². The Kier molecular flexibility index (Phi) is 4.78. The number of fused-ring (bicyclic) bond motifs is 1. The Morgan fingerprint density at radius 2 is 2.05 bits per heavy atom. The Hall–Kier alpha value is -1.98. The number of hydrogen-bond acceptors (Lipinski definition) is 3. The van der Waals surface area contributed by atoms with Gasteiger partial charge in [-0.05, 0) is 31.1 Å². The van der Waals surface area contributed by atoms with Gasteiger partial charge in [-0.3, -0.25) is 0 Å². The summed E-state index contributed by atoms with van der Waals surface area (Å²) in [4.78, 5) is 11.8. The minimum absolute atomic E-state index is 0.00302. The van der Waals surface area contributed by atoms with Gasteiger partial charge in [-0.1, -0.05) is 25.5 Å². The van der Waals surface area contributed by atoms with Crippen LogP contribution in [-0.4, -0.2) is 24.9 Å². The lowest BCUT2D eigenvalue weighted by Crippen LogP contribution is -2.40. The maximum absolute atomic E-state index is 13.2. The second kappa shape index (κ2) is 6.42. The predicted molar refractivity (Wildman–Crippen MR) is 75.5 cm³/mol. The van der Waals surface area contributed by atoms with Gasteiger partial charge < -0.3 is 9.47 Å². The molecule has 1 aliphatic heterocycles. The molecule has 0 N–H and O–H groups in total. The monoisotopic (exact) mass is 314 g/mol. The molecule has 3 nitrogen and oxygen atoms in total. The molecule has 2 rings (SSSR count). The number of carbonyl (C=O) groups is 1. The van der Waals surface area contributed by atoms with Gasteiger partial charge in [0.15, 0.2) is 0 Å². The molecule has 0 saturated heterocycles. The van der Waals surface area contributed by atoms with E-state index in [2.05, 4.69) is 0 Å². The van der Waals surface area contributed by atoms with Crippen LogP contribution < -0.4 is 4.74 Å². The third-order valence-electron chi connectivity index (χ3n) is 3.26. The number of ether oxygens (including phenoxy) is 2. The molecule has 1 atom stereocenters. The molecular formula is C16H17F3O3. The second-order valence-corrected chi connectivity index (χ2v) is 4.98. The average molecular weight is 314 g/mol. The molecule has 0 amide bonds. The van der Waals surface area contributed by atoms with Crippen molar-refractivity contribution in [1.82, 2.24) is 0 Å². The number of benzene rings is 1. The number of rotatable bonds is 4. The molecule has 0 aromatic heterocycles.